The van der Waals surface area contributed by atoms with Crippen LogP contribution in [-0.4, -0.2) is 4.98 Å². The maximum atomic E-state index is 5.80. The molecule has 0 spiro atoms. The Morgan fingerprint density at radius 3 is 2.94 bits per heavy atom. The number of aromatic nitrogens is 1. The number of nitrogens with one attached hydrogen (secondary N) is 1. The second-order valence-electron chi connectivity index (χ2n) is 3.89. The first-order chi connectivity index (χ1) is 8.40. The molecule has 4 heteroatoms. The number of para-hydroxylation sites is 2. The molecule has 2 aromatic carbocycles. The third kappa shape index (κ3) is 1.21. The van der Waals surface area contributed by atoms with Gasteiger partial charge in [0.25, 0.3) is 0 Å². The maximum absolute atomic E-state index is 5.80. The molecule has 17 heavy (non-hydrogen) atoms. The molecule has 3 aromatic rings. The highest BCUT2D eigenvalue weighted by molar-refractivity contribution is 5.86. The van der Waals surface area contributed by atoms with Crippen molar-refractivity contribution in [1.29, 1.82) is 0 Å². The van der Waals surface area contributed by atoms with Crippen molar-refractivity contribution < 1.29 is 9.15 Å². The summed E-state index contributed by atoms with van der Waals surface area (Å²) in [6.07, 6.45) is 1.43. The van der Waals surface area contributed by atoms with E-state index in [0.29, 0.717) is 0 Å². The van der Waals surface area contributed by atoms with Crippen molar-refractivity contribution in [2.45, 2.75) is 0 Å². The molecule has 1 aliphatic heterocycles. The van der Waals surface area contributed by atoms with E-state index in [4.69, 9.17) is 9.15 Å². The Labute approximate surface area is 96.8 Å². The van der Waals surface area contributed by atoms with E-state index in [9.17, 15) is 0 Å². The fourth-order valence-corrected chi connectivity index (χ4v) is 1.99. The lowest BCUT2D eigenvalue weighted by molar-refractivity contribution is 0.480. The molecular formula is C13H8N2O2. The molecule has 1 aliphatic rings. The molecule has 1 aromatic heterocycles. The lowest BCUT2D eigenvalue weighted by Gasteiger charge is -2.21. The van der Waals surface area contributed by atoms with Crippen LogP contribution in [0.15, 0.2) is 47.2 Å². The summed E-state index contributed by atoms with van der Waals surface area (Å²) in [5.41, 5.74) is 3.41. The average Bonchev–Trinajstić information content (AvgIpc) is 2.80. The standard InChI is InChI=1S/C13H8N2O2/c1-2-4-11-8(3-1)15-10-5-9-12(16-7-14-9)6-13(10)17-11/h1-7,15H. The van der Waals surface area contributed by atoms with Gasteiger partial charge < -0.3 is 14.5 Å². The summed E-state index contributed by atoms with van der Waals surface area (Å²) in [5, 5.41) is 3.32. The molecule has 0 atom stereocenters. The Kier molecular flexibility index (Phi) is 1.53. The summed E-state index contributed by atoms with van der Waals surface area (Å²) < 4.78 is 11.1. The van der Waals surface area contributed by atoms with Crippen molar-refractivity contribution in [3.63, 3.8) is 0 Å². The number of nitrogens with zero attached hydrogens (tertiary/aromatic N) is 1. The first-order valence-corrected chi connectivity index (χ1v) is 5.31. The minimum absolute atomic E-state index is 0.727. The molecule has 0 unspecified atom stereocenters. The van der Waals surface area contributed by atoms with Gasteiger partial charge in [-0.2, -0.15) is 0 Å². The lowest BCUT2D eigenvalue weighted by atomic mass is 10.2. The molecule has 4 rings (SSSR count). The maximum Gasteiger partial charge on any atom is 0.181 e. The van der Waals surface area contributed by atoms with Crippen LogP contribution in [0.25, 0.3) is 11.1 Å². The molecule has 0 amide bonds. The van der Waals surface area contributed by atoms with E-state index in [2.05, 4.69) is 10.3 Å². The zero-order chi connectivity index (χ0) is 11.2. The Balaban J connectivity index is 1.93. The first-order valence-electron chi connectivity index (χ1n) is 5.31. The summed E-state index contributed by atoms with van der Waals surface area (Å²) in [6.45, 7) is 0. The van der Waals surface area contributed by atoms with E-state index in [1.54, 1.807) is 0 Å². The predicted octanol–water partition coefficient (Wildman–Crippen LogP) is 3.68. The van der Waals surface area contributed by atoms with Gasteiger partial charge in [0, 0.05) is 6.07 Å². The zero-order valence-electron chi connectivity index (χ0n) is 8.81. The minimum Gasteiger partial charge on any atom is -0.453 e. The fourth-order valence-electron chi connectivity index (χ4n) is 1.99. The van der Waals surface area contributed by atoms with Crippen LogP contribution in [0.1, 0.15) is 0 Å². The summed E-state index contributed by atoms with van der Waals surface area (Å²) >= 11 is 0. The van der Waals surface area contributed by atoms with Crippen molar-refractivity contribution in [1.82, 2.24) is 4.98 Å². The summed E-state index contributed by atoms with van der Waals surface area (Å²) in [7, 11) is 0. The van der Waals surface area contributed by atoms with Gasteiger partial charge >= 0.3 is 0 Å². The van der Waals surface area contributed by atoms with Crippen LogP contribution in [0.4, 0.5) is 11.4 Å². The molecular weight excluding hydrogens is 216 g/mol. The van der Waals surface area contributed by atoms with E-state index in [0.717, 1.165) is 34.0 Å². The van der Waals surface area contributed by atoms with E-state index < -0.39 is 0 Å². The number of hydrogen-bond donors (Lipinski definition) is 1. The van der Waals surface area contributed by atoms with Crippen LogP contribution >= 0.6 is 0 Å². The van der Waals surface area contributed by atoms with Gasteiger partial charge in [0.05, 0.1) is 11.4 Å². The Bertz CT molecular complexity index is 659. The zero-order valence-corrected chi connectivity index (χ0v) is 8.81. The Morgan fingerprint density at radius 2 is 1.94 bits per heavy atom. The number of benzene rings is 2. The average molecular weight is 224 g/mol. The van der Waals surface area contributed by atoms with E-state index in [-0.39, 0.29) is 0 Å². The summed E-state index contributed by atoms with van der Waals surface area (Å²) in [4.78, 5) is 4.12. The monoisotopic (exact) mass is 224 g/mol. The van der Waals surface area contributed by atoms with Crippen LogP contribution < -0.4 is 10.1 Å². The highest BCUT2D eigenvalue weighted by atomic mass is 16.5. The van der Waals surface area contributed by atoms with Crippen molar-refractivity contribution >= 4 is 22.5 Å². The SMILES string of the molecule is c1ccc2c(c1)Nc1cc3ncoc3cc1O2. The van der Waals surface area contributed by atoms with Crippen LogP contribution in [0.5, 0.6) is 11.5 Å². The number of rotatable bonds is 0. The number of ether oxygens (including phenoxy) is 1. The molecule has 0 radical (unpaired) electrons. The van der Waals surface area contributed by atoms with Gasteiger partial charge in [-0.25, -0.2) is 4.98 Å². The van der Waals surface area contributed by atoms with Gasteiger partial charge in [-0.15, -0.1) is 0 Å². The molecule has 0 fully saturated rings. The smallest absolute Gasteiger partial charge is 0.181 e. The number of anilines is 2. The van der Waals surface area contributed by atoms with Crippen LogP contribution in [0.3, 0.4) is 0 Å². The summed E-state index contributed by atoms with van der Waals surface area (Å²) in [6, 6.07) is 11.6. The van der Waals surface area contributed by atoms with Gasteiger partial charge in [0.2, 0.25) is 0 Å². The first kappa shape index (κ1) is 8.64. The van der Waals surface area contributed by atoms with Crippen LogP contribution in [0.2, 0.25) is 0 Å². The van der Waals surface area contributed by atoms with E-state index in [1.165, 1.54) is 6.39 Å². The van der Waals surface area contributed by atoms with E-state index in [1.807, 2.05) is 36.4 Å². The minimum atomic E-state index is 0.727. The quantitative estimate of drug-likeness (QED) is 0.495. The second kappa shape index (κ2) is 3.01. The van der Waals surface area contributed by atoms with Crippen molar-refractivity contribution in [3.8, 4) is 11.5 Å². The molecule has 1 N–H and O–H groups in total. The number of fused-ring (bicyclic) bond motifs is 3. The number of hydrogen-bond acceptors (Lipinski definition) is 4. The molecule has 4 nitrogen and oxygen atoms in total. The van der Waals surface area contributed by atoms with Crippen molar-refractivity contribution in [2.75, 3.05) is 5.32 Å². The normalized spacial score (nSPS) is 12.5. The fraction of sp³-hybridized carbons (Fsp3) is 0. The second-order valence-corrected chi connectivity index (χ2v) is 3.89. The van der Waals surface area contributed by atoms with Crippen LogP contribution in [0, 0.1) is 0 Å². The van der Waals surface area contributed by atoms with Gasteiger partial charge in [0.1, 0.15) is 5.52 Å². The van der Waals surface area contributed by atoms with Gasteiger partial charge in [0.15, 0.2) is 23.5 Å². The van der Waals surface area contributed by atoms with Gasteiger partial charge in [-0.1, -0.05) is 12.1 Å². The third-order valence-electron chi connectivity index (χ3n) is 2.81. The Morgan fingerprint density at radius 1 is 1.00 bits per heavy atom. The van der Waals surface area contributed by atoms with Gasteiger partial charge in [-0.3, -0.25) is 0 Å². The van der Waals surface area contributed by atoms with Gasteiger partial charge in [-0.05, 0) is 18.2 Å². The molecule has 82 valence electrons. The molecule has 0 bridgehead atoms. The number of oxazole rings is 1. The van der Waals surface area contributed by atoms with Crippen molar-refractivity contribution in [2.24, 2.45) is 0 Å². The molecule has 0 saturated carbocycles. The summed E-state index contributed by atoms with van der Waals surface area (Å²) in [5.74, 6) is 1.58. The lowest BCUT2D eigenvalue weighted by Crippen LogP contribution is -2.02. The third-order valence-corrected chi connectivity index (χ3v) is 2.81. The molecule has 0 saturated heterocycles. The predicted molar refractivity (Wildman–Crippen MR) is 63.8 cm³/mol. The molecule has 0 aliphatic carbocycles. The highest BCUT2D eigenvalue weighted by Crippen LogP contribution is 2.43. The molecule has 2 heterocycles. The Hall–Kier alpha value is -2.49. The largest absolute Gasteiger partial charge is 0.453 e. The van der Waals surface area contributed by atoms with Crippen LogP contribution in [-0.2, 0) is 0 Å². The van der Waals surface area contributed by atoms with Crippen molar-refractivity contribution in [3.05, 3.63) is 42.8 Å². The topological polar surface area (TPSA) is 47.3 Å². The highest BCUT2D eigenvalue weighted by Gasteiger charge is 2.17. The van der Waals surface area contributed by atoms with E-state index >= 15 is 0 Å².